The minimum absolute atomic E-state index is 0.0580. The molecule has 2 aromatic heterocycles. The Labute approximate surface area is 147 Å². The molecule has 0 unspecified atom stereocenters. The van der Waals surface area contributed by atoms with Crippen molar-refractivity contribution in [3.63, 3.8) is 0 Å². The second-order valence-electron chi connectivity index (χ2n) is 6.45. The molecule has 2 aromatic rings. The lowest BCUT2D eigenvalue weighted by atomic mass is 10.2. The fraction of sp³-hybridized carbons (Fsp3) is 0.529. The molecule has 0 spiro atoms. The predicted molar refractivity (Wildman–Crippen MR) is 94.4 cm³/mol. The van der Waals surface area contributed by atoms with E-state index in [0.717, 1.165) is 31.7 Å². The highest BCUT2D eigenvalue weighted by atomic mass is 16.5. The van der Waals surface area contributed by atoms with Crippen LogP contribution in [0.15, 0.2) is 28.9 Å². The quantitative estimate of drug-likeness (QED) is 0.818. The van der Waals surface area contributed by atoms with Crippen molar-refractivity contribution in [3.05, 3.63) is 30.2 Å². The molecule has 0 saturated carbocycles. The average molecular weight is 344 g/mol. The summed E-state index contributed by atoms with van der Waals surface area (Å²) >= 11 is 0. The van der Waals surface area contributed by atoms with Crippen LogP contribution in [0.3, 0.4) is 0 Å². The van der Waals surface area contributed by atoms with Gasteiger partial charge in [-0.3, -0.25) is 4.79 Å². The SMILES string of the molecule is Cc1cc(NC(=O)CCN(C)C[C@@H]2CCCN2c2cccnn2)no1. The molecular formula is C17H24N6O2. The molecular weight excluding hydrogens is 320 g/mol. The van der Waals surface area contributed by atoms with E-state index in [2.05, 4.69) is 30.5 Å². The molecule has 0 bridgehead atoms. The van der Waals surface area contributed by atoms with Crippen molar-refractivity contribution in [2.45, 2.75) is 32.2 Å². The zero-order valence-electron chi connectivity index (χ0n) is 14.7. The van der Waals surface area contributed by atoms with E-state index in [0.29, 0.717) is 30.6 Å². The highest BCUT2D eigenvalue weighted by molar-refractivity contribution is 5.89. The number of aryl methyl sites for hydroxylation is 1. The van der Waals surface area contributed by atoms with E-state index in [9.17, 15) is 4.79 Å². The highest BCUT2D eigenvalue weighted by Crippen LogP contribution is 2.23. The van der Waals surface area contributed by atoms with Gasteiger partial charge in [0.15, 0.2) is 11.6 Å². The van der Waals surface area contributed by atoms with Gasteiger partial charge in [-0.05, 0) is 38.9 Å². The number of rotatable bonds is 7. The summed E-state index contributed by atoms with van der Waals surface area (Å²) in [6.45, 7) is 4.38. The highest BCUT2D eigenvalue weighted by Gasteiger charge is 2.26. The number of aromatic nitrogens is 3. The molecule has 8 heteroatoms. The summed E-state index contributed by atoms with van der Waals surface area (Å²) in [5.41, 5.74) is 0. The summed E-state index contributed by atoms with van der Waals surface area (Å²) < 4.78 is 4.94. The number of hydrogen-bond donors (Lipinski definition) is 1. The Morgan fingerprint density at radius 2 is 2.40 bits per heavy atom. The summed E-state index contributed by atoms with van der Waals surface area (Å²) in [6, 6.07) is 6.03. The lowest BCUT2D eigenvalue weighted by Crippen LogP contribution is -2.40. The molecule has 1 fully saturated rings. The van der Waals surface area contributed by atoms with Gasteiger partial charge in [-0.2, -0.15) is 5.10 Å². The molecule has 3 rings (SSSR count). The minimum Gasteiger partial charge on any atom is -0.360 e. The van der Waals surface area contributed by atoms with E-state index in [-0.39, 0.29) is 5.91 Å². The van der Waals surface area contributed by atoms with Gasteiger partial charge in [-0.1, -0.05) is 5.16 Å². The number of nitrogens with zero attached hydrogens (tertiary/aromatic N) is 5. The lowest BCUT2D eigenvalue weighted by Gasteiger charge is -2.29. The summed E-state index contributed by atoms with van der Waals surface area (Å²) in [5, 5.41) is 14.7. The normalized spacial score (nSPS) is 17.2. The first-order valence-corrected chi connectivity index (χ1v) is 8.58. The van der Waals surface area contributed by atoms with Crippen LogP contribution in [0.1, 0.15) is 25.0 Å². The summed E-state index contributed by atoms with van der Waals surface area (Å²) in [4.78, 5) is 16.5. The van der Waals surface area contributed by atoms with Crippen molar-refractivity contribution >= 4 is 17.5 Å². The fourth-order valence-electron chi connectivity index (χ4n) is 3.15. The standard InChI is InChI=1S/C17H24N6O2/c1-13-11-15(21-25-13)19-17(24)7-10-22(2)12-14-5-4-9-23(14)16-6-3-8-18-20-16/h3,6,8,11,14H,4-5,7,9-10,12H2,1-2H3,(H,19,21,24)/t14-/m0/s1. The fourth-order valence-corrected chi connectivity index (χ4v) is 3.15. The third-order valence-corrected chi connectivity index (χ3v) is 4.37. The third kappa shape index (κ3) is 4.76. The lowest BCUT2D eigenvalue weighted by molar-refractivity contribution is -0.116. The summed E-state index contributed by atoms with van der Waals surface area (Å²) in [7, 11) is 2.04. The van der Waals surface area contributed by atoms with Gasteiger partial charge in [0.25, 0.3) is 0 Å². The molecule has 3 heterocycles. The Morgan fingerprint density at radius 1 is 1.52 bits per heavy atom. The maximum Gasteiger partial charge on any atom is 0.226 e. The van der Waals surface area contributed by atoms with Crippen LogP contribution in [0, 0.1) is 6.92 Å². The number of carbonyl (C=O) groups is 1. The topological polar surface area (TPSA) is 87.4 Å². The van der Waals surface area contributed by atoms with Crippen molar-refractivity contribution in [1.29, 1.82) is 0 Å². The number of anilines is 2. The van der Waals surface area contributed by atoms with E-state index >= 15 is 0 Å². The van der Waals surface area contributed by atoms with Crippen LogP contribution in [-0.4, -0.2) is 58.9 Å². The van der Waals surface area contributed by atoms with Crippen LogP contribution < -0.4 is 10.2 Å². The maximum atomic E-state index is 12.0. The van der Waals surface area contributed by atoms with Crippen LogP contribution in [0.5, 0.6) is 0 Å². The van der Waals surface area contributed by atoms with Crippen molar-refractivity contribution < 1.29 is 9.32 Å². The zero-order valence-corrected chi connectivity index (χ0v) is 14.7. The first kappa shape index (κ1) is 17.3. The van der Waals surface area contributed by atoms with Crippen molar-refractivity contribution in [3.8, 4) is 0 Å². The van der Waals surface area contributed by atoms with E-state index in [1.54, 1.807) is 19.2 Å². The molecule has 25 heavy (non-hydrogen) atoms. The Hall–Kier alpha value is -2.48. The maximum absolute atomic E-state index is 12.0. The molecule has 1 atom stereocenters. The van der Waals surface area contributed by atoms with Gasteiger partial charge in [0.05, 0.1) is 0 Å². The van der Waals surface area contributed by atoms with Gasteiger partial charge in [0, 0.05) is 44.4 Å². The van der Waals surface area contributed by atoms with Gasteiger partial charge in [-0.15, -0.1) is 5.10 Å². The Bertz CT molecular complexity index is 689. The van der Waals surface area contributed by atoms with Gasteiger partial charge in [0.1, 0.15) is 5.76 Å². The van der Waals surface area contributed by atoms with Gasteiger partial charge in [0.2, 0.25) is 5.91 Å². The van der Waals surface area contributed by atoms with E-state index in [1.807, 2.05) is 19.2 Å². The number of likely N-dealkylation sites (N-methyl/N-ethyl adjacent to an activating group) is 1. The van der Waals surface area contributed by atoms with Crippen LogP contribution in [0.4, 0.5) is 11.6 Å². The van der Waals surface area contributed by atoms with Crippen molar-refractivity contribution in [2.75, 3.05) is 36.9 Å². The van der Waals surface area contributed by atoms with Crippen LogP contribution in [-0.2, 0) is 4.79 Å². The molecule has 1 aliphatic heterocycles. The molecule has 0 aliphatic carbocycles. The molecule has 0 aromatic carbocycles. The number of carbonyl (C=O) groups excluding carboxylic acids is 1. The van der Waals surface area contributed by atoms with Gasteiger partial charge >= 0.3 is 0 Å². The number of amides is 1. The first-order valence-electron chi connectivity index (χ1n) is 8.58. The molecule has 1 N–H and O–H groups in total. The zero-order chi connectivity index (χ0) is 17.6. The minimum atomic E-state index is -0.0580. The number of nitrogens with one attached hydrogen (secondary N) is 1. The molecule has 8 nitrogen and oxygen atoms in total. The van der Waals surface area contributed by atoms with Crippen molar-refractivity contribution in [2.24, 2.45) is 0 Å². The van der Waals surface area contributed by atoms with Gasteiger partial charge < -0.3 is 19.6 Å². The second-order valence-corrected chi connectivity index (χ2v) is 6.45. The van der Waals surface area contributed by atoms with Gasteiger partial charge in [-0.25, -0.2) is 0 Å². The molecule has 1 amide bonds. The monoisotopic (exact) mass is 344 g/mol. The van der Waals surface area contributed by atoms with Crippen LogP contribution in [0.25, 0.3) is 0 Å². The van der Waals surface area contributed by atoms with E-state index in [1.165, 1.54) is 0 Å². The summed E-state index contributed by atoms with van der Waals surface area (Å²) in [5.74, 6) is 2.02. The largest absolute Gasteiger partial charge is 0.360 e. The Kier molecular flexibility index (Phi) is 5.60. The van der Waals surface area contributed by atoms with E-state index < -0.39 is 0 Å². The third-order valence-electron chi connectivity index (χ3n) is 4.37. The first-order chi connectivity index (χ1) is 12.1. The summed E-state index contributed by atoms with van der Waals surface area (Å²) in [6.07, 6.45) is 4.39. The second kappa shape index (κ2) is 8.06. The average Bonchev–Trinajstić information content (AvgIpc) is 3.23. The molecule has 0 radical (unpaired) electrons. The molecule has 1 saturated heterocycles. The Morgan fingerprint density at radius 3 is 3.12 bits per heavy atom. The van der Waals surface area contributed by atoms with Crippen LogP contribution in [0.2, 0.25) is 0 Å². The number of hydrogen-bond acceptors (Lipinski definition) is 7. The van der Waals surface area contributed by atoms with Crippen LogP contribution >= 0.6 is 0 Å². The predicted octanol–water partition coefficient (Wildman–Crippen LogP) is 1.70. The van der Waals surface area contributed by atoms with Crippen molar-refractivity contribution in [1.82, 2.24) is 20.3 Å². The molecule has 134 valence electrons. The Balaban J connectivity index is 1.45. The smallest absolute Gasteiger partial charge is 0.226 e. The van der Waals surface area contributed by atoms with E-state index in [4.69, 9.17) is 4.52 Å². The molecule has 1 aliphatic rings.